The lowest BCUT2D eigenvalue weighted by Crippen LogP contribution is -2.11. The molecule has 0 aliphatic carbocycles. The number of rotatable bonds is 8. The van der Waals surface area contributed by atoms with Crippen molar-refractivity contribution in [3.63, 3.8) is 0 Å². The van der Waals surface area contributed by atoms with E-state index in [2.05, 4.69) is 8.92 Å². The molecule has 0 unspecified atom stereocenters. The molecule has 9 nitrogen and oxygen atoms in total. The van der Waals surface area contributed by atoms with Gasteiger partial charge in [0, 0.05) is 17.5 Å². The molecule has 10 heteroatoms. The second kappa shape index (κ2) is 8.06. The number of methoxy groups -OCH3 is 3. The second-order valence-electron chi connectivity index (χ2n) is 4.77. The normalized spacial score (nSPS) is 11.0. The van der Waals surface area contributed by atoms with E-state index in [9.17, 15) is 22.9 Å². The van der Waals surface area contributed by atoms with Crippen LogP contribution in [0, 0.1) is 6.92 Å². The Morgan fingerprint density at radius 3 is 2.17 bits per heavy atom. The lowest BCUT2D eigenvalue weighted by atomic mass is 9.99. The minimum Gasteiger partial charge on any atom is -0.716 e. The molecule has 0 amide bonds. The van der Waals surface area contributed by atoms with Gasteiger partial charge in [0.1, 0.15) is 0 Å². The maximum atomic E-state index is 11.2. The first-order chi connectivity index (χ1) is 11.2. The molecule has 0 aliphatic heterocycles. The van der Waals surface area contributed by atoms with Crippen LogP contribution in [-0.2, 0) is 26.4 Å². The van der Waals surface area contributed by atoms with Gasteiger partial charge in [-0.25, -0.2) is 8.42 Å². The zero-order chi connectivity index (χ0) is 18.5. The van der Waals surface area contributed by atoms with Gasteiger partial charge in [-0.2, -0.15) is 0 Å². The molecule has 0 aromatic heterocycles. The zero-order valence-electron chi connectivity index (χ0n) is 13.7. The molecule has 0 fully saturated rings. The van der Waals surface area contributed by atoms with Crippen LogP contribution in [0.5, 0.6) is 23.0 Å². The highest BCUT2D eigenvalue weighted by Crippen LogP contribution is 2.49. The van der Waals surface area contributed by atoms with Crippen LogP contribution in [-0.4, -0.2) is 45.4 Å². The monoisotopic (exact) mass is 363 g/mol. The molecule has 0 atom stereocenters. The number of ether oxygens (including phenoxy) is 3. The van der Waals surface area contributed by atoms with Gasteiger partial charge < -0.3 is 28.1 Å². The summed E-state index contributed by atoms with van der Waals surface area (Å²) in [5.41, 5.74) is 0.463. The van der Waals surface area contributed by atoms with E-state index in [1.165, 1.54) is 28.3 Å². The minimum atomic E-state index is -5.07. The molecule has 136 valence electrons. The topological polar surface area (TPSA) is 131 Å². The number of phenolic OH excluding ortho intramolecular Hbond substituents is 1. The number of carbonyl (C=O) groups excluding carboxylic acids is 1. The molecule has 0 aliphatic rings. The lowest BCUT2D eigenvalue weighted by molar-refractivity contribution is -0.140. The van der Waals surface area contributed by atoms with E-state index >= 15 is 0 Å². The first kappa shape index (κ1) is 19.8. The summed E-state index contributed by atoms with van der Waals surface area (Å²) >= 11 is 0. The molecule has 1 aromatic rings. The van der Waals surface area contributed by atoms with Crippen molar-refractivity contribution in [2.24, 2.45) is 0 Å². The summed E-state index contributed by atoms with van der Waals surface area (Å²) < 4.78 is 51.9. The molecule has 24 heavy (non-hydrogen) atoms. The number of benzene rings is 1. The van der Waals surface area contributed by atoms with Crippen LogP contribution in [0.15, 0.2) is 0 Å². The largest absolute Gasteiger partial charge is 0.716 e. The molecule has 0 radical (unpaired) electrons. The fourth-order valence-electron chi connectivity index (χ4n) is 2.23. The third-order valence-electron chi connectivity index (χ3n) is 3.34. The van der Waals surface area contributed by atoms with Crippen LogP contribution < -0.4 is 13.7 Å². The van der Waals surface area contributed by atoms with Crippen molar-refractivity contribution in [3.8, 4) is 23.0 Å². The van der Waals surface area contributed by atoms with Gasteiger partial charge in [-0.15, -0.1) is 0 Å². The standard InChI is InChI=1S/C14H20O9S/c1-8-9(6-5-7-10(15)20-2)11(16)13(21-3)14(22-4)12(8)23-24(17,18)19/h16H,5-7H2,1-4H3,(H,17,18,19)/p-1. The van der Waals surface area contributed by atoms with Crippen molar-refractivity contribution in [2.75, 3.05) is 21.3 Å². The number of phenols is 1. The summed E-state index contributed by atoms with van der Waals surface area (Å²) in [6.45, 7) is 1.45. The van der Waals surface area contributed by atoms with E-state index in [0.717, 1.165) is 0 Å². The van der Waals surface area contributed by atoms with Crippen LogP contribution in [0.25, 0.3) is 0 Å². The Bertz CT molecular complexity index is 710. The van der Waals surface area contributed by atoms with E-state index in [4.69, 9.17) is 9.47 Å². The van der Waals surface area contributed by atoms with E-state index in [0.29, 0.717) is 6.42 Å². The molecule has 0 saturated heterocycles. The van der Waals surface area contributed by atoms with Crippen LogP contribution in [0.1, 0.15) is 24.0 Å². The van der Waals surface area contributed by atoms with Crippen molar-refractivity contribution < 1.29 is 41.3 Å². The van der Waals surface area contributed by atoms with Crippen LogP contribution in [0.3, 0.4) is 0 Å². The van der Waals surface area contributed by atoms with Gasteiger partial charge in [0.2, 0.25) is 11.5 Å². The summed E-state index contributed by atoms with van der Waals surface area (Å²) in [6, 6.07) is 0. The molecule has 0 saturated carbocycles. The quantitative estimate of drug-likeness (QED) is 0.409. The van der Waals surface area contributed by atoms with E-state index in [-0.39, 0.29) is 47.0 Å². The Hall–Kier alpha value is -2.20. The van der Waals surface area contributed by atoms with Crippen LogP contribution in [0.2, 0.25) is 0 Å². The highest BCUT2D eigenvalue weighted by molar-refractivity contribution is 7.81. The third-order valence-corrected chi connectivity index (χ3v) is 3.71. The van der Waals surface area contributed by atoms with Gasteiger partial charge in [0.05, 0.1) is 21.3 Å². The minimum absolute atomic E-state index is 0.0970. The molecule has 1 rings (SSSR count). The number of hydrogen-bond acceptors (Lipinski definition) is 9. The Morgan fingerprint density at radius 2 is 1.71 bits per heavy atom. The van der Waals surface area contributed by atoms with Gasteiger partial charge in [-0.3, -0.25) is 4.79 Å². The fraction of sp³-hybridized carbons (Fsp3) is 0.500. The Balaban J connectivity index is 3.37. The van der Waals surface area contributed by atoms with Crippen LogP contribution in [0.4, 0.5) is 0 Å². The second-order valence-corrected chi connectivity index (χ2v) is 5.75. The Kier molecular flexibility index (Phi) is 6.67. The third kappa shape index (κ3) is 4.65. The maximum absolute atomic E-state index is 11.2. The predicted molar refractivity (Wildman–Crippen MR) is 81.2 cm³/mol. The van der Waals surface area contributed by atoms with Crippen molar-refractivity contribution in [2.45, 2.75) is 26.2 Å². The summed E-state index contributed by atoms with van der Waals surface area (Å²) in [7, 11) is -1.37. The molecular weight excluding hydrogens is 344 g/mol. The smallest absolute Gasteiger partial charge is 0.305 e. The molecule has 0 bridgehead atoms. The predicted octanol–water partition coefficient (Wildman–Crippen LogP) is 1.05. The van der Waals surface area contributed by atoms with E-state index < -0.39 is 16.4 Å². The number of hydrogen-bond donors (Lipinski definition) is 1. The van der Waals surface area contributed by atoms with Crippen molar-refractivity contribution >= 4 is 16.4 Å². The van der Waals surface area contributed by atoms with E-state index in [1.807, 2.05) is 0 Å². The summed E-state index contributed by atoms with van der Waals surface area (Å²) in [5.74, 6) is -1.47. The average molecular weight is 363 g/mol. The number of carbonyl (C=O) groups is 1. The first-order valence-electron chi connectivity index (χ1n) is 6.84. The molecule has 0 spiro atoms. The van der Waals surface area contributed by atoms with Gasteiger partial charge in [0.25, 0.3) is 10.4 Å². The zero-order valence-corrected chi connectivity index (χ0v) is 14.6. The van der Waals surface area contributed by atoms with Crippen molar-refractivity contribution in [3.05, 3.63) is 11.1 Å². The maximum Gasteiger partial charge on any atom is 0.305 e. The highest BCUT2D eigenvalue weighted by Gasteiger charge is 2.26. The fourth-order valence-corrected chi connectivity index (χ4v) is 2.63. The van der Waals surface area contributed by atoms with E-state index in [1.54, 1.807) is 0 Å². The van der Waals surface area contributed by atoms with Crippen LogP contribution >= 0.6 is 0 Å². The first-order valence-corrected chi connectivity index (χ1v) is 8.18. The molecule has 1 aromatic carbocycles. The lowest BCUT2D eigenvalue weighted by Gasteiger charge is -2.21. The van der Waals surface area contributed by atoms with Crippen molar-refractivity contribution in [1.82, 2.24) is 0 Å². The Morgan fingerprint density at radius 1 is 1.12 bits per heavy atom. The van der Waals surface area contributed by atoms with Crippen molar-refractivity contribution in [1.29, 1.82) is 0 Å². The molecule has 0 heterocycles. The SMILES string of the molecule is COC(=O)CCCc1c(C)c(OS(=O)(=O)[O-])c(OC)c(OC)c1O. The number of aromatic hydroxyl groups is 1. The molecule has 1 N–H and O–H groups in total. The summed E-state index contributed by atoms with van der Waals surface area (Å²) in [6.07, 6.45) is 0.613. The van der Waals surface area contributed by atoms with Gasteiger partial charge in [-0.1, -0.05) is 0 Å². The van der Waals surface area contributed by atoms with Gasteiger partial charge >= 0.3 is 5.97 Å². The number of esters is 1. The Labute approximate surface area is 140 Å². The molecular formula is C14H19O9S-. The summed E-state index contributed by atoms with van der Waals surface area (Å²) in [5, 5.41) is 10.3. The van der Waals surface area contributed by atoms with Gasteiger partial charge in [0.15, 0.2) is 11.5 Å². The summed E-state index contributed by atoms with van der Waals surface area (Å²) in [4.78, 5) is 11.2. The highest BCUT2D eigenvalue weighted by atomic mass is 32.3. The van der Waals surface area contributed by atoms with Gasteiger partial charge in [-0.05, 0) is 19.8 Å². The average Bonchev–Trinajstić information content (AvgIpc) is 2.51.